The van der Waals surface area contributed by atoms with Crippen molar-refractivity contribution >= 4 is 23.0 Å². The summed E-state index contributed by atoms with van der Waals surface area (Å²) in [5.74, 6) is 1.50. The number of aromatic nitrogens is 2. The number of nitrogens with one attached hydrogen (secondary N) is 3. The van der Waals surface area contributed by atoms with E-state index >= 15 is 0 Å². The highest BCUT2D eigenvalue weighted by molar-refractivity contribution is 5.80. The Hall–Kier alpha value is -2.57. The normalized spacial score (nSPS) is 10.3. The summed E-state index contributed by atoms with van der Waals surface area (Å²) in [6, 6.07) is 4.93. The molecule has 0 unspecified atom stereocenters. The van der Waals surface area contributed by atoms with E-state index in [-0.39, 0.29) is 5.75 Å². The van der Waals surface area contributed by atoms with Crippen molar-refractivity contribution in [3.05, 3.63) is 18.2 Å². The Balaban J connectivity index is 2.64. The minimum atomic E-state index is 0.0734. The lowest BCUT2D eigenvalue weighted by Crippen LogP contribution is -2.04. The number of nitrogen functional groups attached to an aromatic ring is 1. The van der Waals surface area contributed by atoms with E-state index in [9.17, 15) is 5.11 Å². The first-order valence-electron chi connectivity index (χ1n) is 5.87. The van der Waals surface area contributed by atoms with Gasteiger partial charge in [0, 0.05) is 32.9 Å². The fourth-order valence-corrected chi connectivity index (χ4v) is 1.95. The van der Waals surface area contributed by atoms with Crippen LogP contribution in [0.15, 0.2) is 18.2 Å². The third-order valence-corrected chi connectivity index (χ3v) is 2.84. The second-order valence-corrected chi connectivity index (χ2v) is 3.98. The molecule has 1 aromatic heterocycles. The molecule has 19 heavy (non-hydrogen) atoms. The van der Waals surface area contributed by atoms with Crippen molar-refractivity contribution in [3.63, 3.8) is 0 Å². The fourth-order valence-electron chi connectivity index (χ4n) is 1.95. The van der Waals surface area contributed by atoms with Crippen LogP contribution in [0.1, 0.15) is 0 Å². The van der Waals surface area contributed by atoms with Crippen LogP contribution in [0.25, 0.3) is 5.69 Å². The van der Waals surface area contributed by atoms with Crippen LogP contribution in [0.5, 0.6) is 5.75 Å². The minimum Gasteiger partial charge on any atom is -0.506 e. The lowest BCUT2D eigenvalue weighted by molar-refractivity contribution is 0.471. The van der Waals surface area contributed by atoms with E-state index in [1.54, 1.807) is 30.9 Å². The van der Waals surface area contributed by atoms with Gasteiger partial charge in [-0.2, -0.15) is 0 Å². The molecule has 0 atom stereocenters. The van der Waals surface area contributed by atoms with Gasteiger partial charge in [-0.3, -0.25) is 0 Å². The quantitative estimate of drug-likeness (QED) is 0.532. The van der Waals surface area contributed by atoms with Gasteiger partial charge in [0.25, 0.3) is 0 Å². The lowest BCUT2D eigenvalue weighted by Gasteiger charge is -2.10. The van der Waals surface area contributed by atoms with E-state index in [0.717, 1.165) is 11.5 Å². The summed E-state index contributed by atoms with van der Waals surface area (Å²) in [5.41, 5.74) is 7.51. The molecule has 0 aliphatic heterocycles. The van der Waals surface area contributed by atoms with E-state index in [1.165, 1.54) is 6.07 Å². The summed E-state index contributed by atoms with van der Waals surface area (Å²) in [6.07, 6.45) is 0. The maximum Gasteiger partial charge on any atom is 0.174 e. The zero-order chi connectivity index (χ0) is 14.0. The molecule has 0 saturated carbocycles. The standard InChI is InChI=1S/C12H18N6O/c1-14-10-11(15-2)17-18(12(10)16-3)8-5-4-7(13)6-9(8)19/h4-6,14,16,19H,13H2,1-3H3,(H,15,17). The summed E-state index contributed by atoms with van der Waals surface area (Å²) in [4.78, 5) is 0. The molecule has 1 aromatic carbocycles. The monoisotopic (exact) mass is 262 g/mol. The average Bonchev–Trinajstić information content (AvgIpc) is 2.76. The number of nitrogens with zero attached hydrogens (tertiary/aromatic N) is 2. The smallest absolute Gasteiger partial charge is 0.174 e. The van der Waals surface area contributed by atoms with Crippen molar-refractivity contribution in [1.82, 2.24) is 9.78 Å². The van der Waals surface area contributed by atoms with Crippen molar-refractivity contribution in [2.45, 2.75) is 0 Å². The lowest BCUT2D eigenvalue weighted by atomic mass is 10.2. The number of aromatic hydroxyl groups is 1. The third kappa shape index (κ3) is 2.10. The van der Waals surface area contributed by atoms with Gasteiger partial charge < -0.3 is 26.8 Å². The first-order valence-corrected chi connectivity index (χ1v) is 5.87. The molecule has 102 valence electrons. The van der Waals surface area contributed by atoms with Gasteiger partial charge in [-0.15, -0.1) is 5.10 Å². The molecule has 0 fully saturated rings. The topological polar surface area (TPSA) is 100 Å². The second kappa shape index (κ2) is 4.97. The largest absolute Gasteiger partial charge is 0.506 e. The van der Waals surface area contributed by atoms with Crippen molar-refractivity contribution in [2.24, 2.45) is 0 Å². The second-order valence-electron chi connectivity index (χ2n) is 3.98. The number of rotatable bonds is 4. The van der Waals surface area contributed by atoms with Crippen LogP contribution in [0.2, 0.25) is 0 Å². The molecule has 2 aromatic rings. The molecular weight excluding hydrogens is 244 g/mol. The van der Waals surface area contributed by atoms with Gasteiger partial charge in [0.15, 0.2) is 11.6 Å². The van der Waals surface area contributed by atoms with Gasteiger partial charge in [-0.25, -0.2) is 4.68 Å². The number of hydrogen-bond donors (Lipinski definition) is 5. The van der Waals surface area contributed by atoms with Gasteiger partial charge in [0.05, 0.1) is 0 Å². The van der Waals surface area contributed by atoms with Crippen LogP contribution in [0, 0.1) is 0 Å². The summed E-state index contributed by atoms with van der Waals surface area (Å²) >= 11 is 0. The van der Waals surface area contributed by atoms with Crippen LogP contribution in [-0.2, 0) is 0 Å². The summed E-state index contributed by atoms with van der Waals surface area (Å²) in [7, 11) is 5.39. The van der Waals surface area contributed by atoms with Crippen molar-refractivity contribution in [2.75, 3.05) is 42.8 Å². The number of benzene rings is 1. The zero-order valence-corrected chi connectivity index (χ0v) is 11.2. The Morgan fingerprint density at radius 3 is 2.42 bits per heavy atom. The molecule has 7 nitrogen and oxygen atoms in total. The van der Waals surface area contributed by atoms with Crippen LogP contribution in [0.4, 0.5) is 23.0 Å². The highest BCUT2D eigenvalue weighted by atomic mass is 16.3. The van der Waals surface area contributed by atoms with Crippen LogP contribution in [-0.4, -0.2) is 36.0 Å². The molecular formula is C12H18N6O. The Morgan fingerprint density at radius 1 is 1.16 bits per heavy atom. The first-order chi connectivity index (χ1) is 9.12. The molecule has 0 saturated heterocycles. The van der Waals surface area contributed by atoms with E-state index < -0.39 is 0 Å². The molecule has 0 aliphatic rings. The van der Waals surface area contributed by atoms with Crippen molar-refractivity contribution in [1.29, 1.82) is 0 Å². The van der Waals surface area contributed by atoms with E-state index in [4.69, 9.17) is 5.73 Å². The van der Waals surface area contributed by atoms with Crippen LogP contribution in [0.3, 0.4) is 0 Å². The molecule has 0 aliphatic carbocycles. The number of phenolic OH excluding ortho intramolecular Hbond substituents is 1. The van der Waals surface area contributed by atoms with Crippen LogP contribution < -0.4 is 21.7 Å². The maximum absolute atomic E-state index is 10.0. The SMILES string of the molecule is CNc1nn(-c2ccc(N)cc2O)c(NC)c1NC. The van der Waals surface area contributed by atoms with Gasteiger partial charge in [-0.1, -0.05) is 0 Å². The Labute approximate surface area is 111 Å². The molecule has 6 N–H and O–H groups in total. The average molecular weight is 262 g/mol. The van der Waals surface area contributed by atoms with Gasteiger partial charge in [0.2, 0.25) is 0 Å². The van der Waals surface area contributed by atoms with E-state index in [0.29, 0.717) is 17.2 Å². The molecule has 7 heteroatoms. The molecule has 0 radical (unpaired) electrons. The molecule has 1 heterocycles. The highest BCUT2D eigenvalue weighted by Gasteiger charge is 2.18. The predicted molar refractivity (Wildman–Crippen MR) is 78.3 cm³/mol. The number of anilines is 4. The summed E-state index contributed by atoms with van der Waals surface area (Å²) in [5, 5.41) is 23.6. The van der Waals surface area contributed by atoms with Gasteiger partial charge >= 0.3 is 0 Å². The van der Waals surface area contributed by atoms with Gasteiger partial charge in [0.1, 0.15) is 17.1 Å². The molecule has 2 rings (SSSR count). The maximum atomic E-state index is 10.0. The van der Waals surface area contributed by atoms with E-state index in [1.807, 2.05) is 7.05 Å². The Bertz CT molecular complexity index is 592. The number of nitrogens with two attached hydrogens (primary N) is 1. The first kappa shape index (κ1) is 12.9. The minimum absolute atomic E-state index is 0.0734. The van der Waals surface area contributed by atoms with Gasteiger partial charge in [-0.05, 0) is 12.1 Å². The fraction of sp³-hybridized carbons (Fsp3) is 0.250. The van der Waals surface area contributed by atoms with Crippen LogP contribution >= 0.6 is 0 Å². The number of hydrogen-bond acceptors (Lipinski definition) is 6. The highest BCUT2D eigenvalue weighted by Crippen LogP contribution is 2.34. The summed E-state index contributed by atoms with van der Waals surface area (Å²) in [6.45, 7) is 0. The Kier molecular flexibility index (Phi) is 3.37. The zero-order valence-electron chi connectivity index (χ0n) is 11.2. The molecule has 0 bridgehead atoms. The molecule has 0 spiro atoms. The van der Waals surface area contributed by atoms with Crippen molar-refractivity contribution in [3.8, 4) is 11.4 Å². The predicted octanol–water partition coefficient (Wildman–Crippen LogP) is 1.29. The van der Waals surface area contributed by atoms with Crippen molar-refractivity contribution < 1.29 is 5.11 Å². The Morgan fingerprint density at radius 2 is 1.89 bits per heavy atom. The van der Waals surface area contributed by atoms with E-state index in [2.05, 4.69) is 21.0 Å². The summed E-state index contributed by atoms with van der Waals surface area (Å²) < 4.78 is 1.62. The molecule has 0 amide bonds. The third-order valence-electron chi connectivity index (χ3n) is 2.84. The number of phenols is 1.